The maximum atomic E-state index is 11.3. The van der Waals surface area contributed by atoms with Crippen molar-refractivity contribution in [2.45, 2.75) is 6.04 Å². The number of nitrogens with zero attached hydrogens (tertiary/aromatic N) is 2. The van der Waals surface area contributed by atoms with E-state index in [-0.39, 0.29) is 0 Å². The zero-order chi connectivity index (χ0) is 11.5. The van der Waals surface area contributed by atoms with Crippen LogP contribution in [0.15, 0.2) is 34.3 Å². The summed E-state index contributed by atoms with van der Waals surface area (Å²) in [5.74, 6) is -2.48. The maximum absolute atomic E-state index is 11.3. The molecule has 0 bridgehead atoms. The van der Waals surface area contributed by atoms with E-state index in [1.165, 1.54) is 6.21 Å². The number of hydrogen-bond donors (Lipinski definition) is 1. The molecule has 16 heavy (non-hydrogen) atoms. The number of para-hydroxylation sites is 1. The predicted molar refractivity (Wildman–Crippen MR) is 56.6 cm³/mol. The normalized spacial score (nSPS) is 17.6. The van der Waals surface area contributed by atoms with Gasteiger partial charge in [-0.25, -0.2) is 4.79 Å². The Hall–Kier alpha value is -2.30. The topological polar surface area (TPSA) is 79.1 Å². The molecule has 80 valence electrons. The number of carboxylic acids is 1. The lowest BCUT2D eigenvalue weighted by Crippen LogP contribution is -2.32. The summed E-state index contributed by atoms with van der Waals surface area (Å²) in [6, 6.07) is 6.05. The largest absolute Gasteiger partial charge is 0.475 e. The first-order valence-electron chi connectivity index (χ1n) is 4.62. The van der Waals surface area contributed by atoms with Gasteiger partial charge in [0.1, 0.15) is 0 Å². The number of rotatable bonds is 2. The fourth-order valence-corrected chi connectivity index (χ4v) is 1.36. The fraction of sp³-hybridized carbons (Fsp3) is 0.0909. The average Bonchev–Trinajstić information content (AvgIpc) is 2.49. The Kier molecular flexibility index (Phi) is 2.59. The SMILES string of the molecule is O=C(O)C(=O)C1C=NC=c2ccccc2=N1. The highest BCUT2D eigenvalue weighted by molar-refractivity contribution is 6.38. The van der Waals surface area contributed by atoms with Crippen LogP contribution in [0.3, 0.4) is 0 Å². The highest BCUT2D eigenvalue weighted by Crippen LogP contribution is 1.92. The smallest absolute Gasteiger partial charge is 0.374 e. The summed E-state index contributed by atoms with van der Waals surface area (Å²) in [7, 11) is 0. The van der Waals surface area contributed by atoms with Crippen molar-refractivity contribution >= 4 is 24.2 Å². The lowest BCUT2D eigenvalue weighted by molar-refractivity contribution is -0.148. The minimum atomic E-state index is -1.50. The van der Waals surface area contributed by atoms with Crippen molar-refractivity contribution < 1.29 is 14.7 Å². The van der Waals surface area contributed by atoms with Gasteiger partial charge in [0.05, 0.1) is 5.36 Å². The van der Waals surface area contributed by atoms with E-state index in [4.69, 9.17) is 5.11 Å². The summed E-state index contributed by atoms with van der Waals surface area (Å²) in [5.41, 5.74) is 0. The molecule has 5 nitrogen and oxygen atoms in total. The molecule has 0 aliphatic carbocycles. The van der Waals surface area contributed by atoms with Crippen molar-refractivity contribution in [1.29, 1.82) is 0 Å². The molecule has 1 atom stereocenters. The van der Waals surface area contributed by atoms with Crippen LogP contribution >= 0.6 is 0 Å². The molecule has 1 aliphatic heterocycles. The zero-order valence-electron chi connectivity index (χ0n) is 8.20. The zero-order valence-corrected chi connectivity index (χ0v) is 8.20. The third-order valence-corrected chi connectivity index (χ3v) is 2.14. The van der Waals surface area contributed by atoms with E-state index in [9.17, 15) is 9.59 Å². The van der Waals surface area contributed by atoms with Gasteiger partial charge >= 0.3 is 5.97 Å². The Labute approximate surface area is 90.5 Å². The van der Waals surface area contributed by atoms with Crippen LogP contribution in [0.2, 0.25) is 0 Å². The van der Waals surface area contributed by atoms with Crippen LogP contribution in [-0.4, -0.2) is 29.1 Å². The molecule has 0 radical (unpaired) electrons. The van der Waals surface area contributed by atoms with Crippen molar-refractivity contribution in [2.24, 2.45) is 9.98 Å². The summed E-state index contributed by atoms with van der Waals surface area (Å²) in [6.07, 6.45) is 2.78. The summed E-state index contributed by atoms with van der Waals surface area (Å²) in [6.45, 7) is 0. The van der Waals surface area contributed by atoms with Crippen LogP contribution in [-0.2, 0) is 9.59 Å². The second-order valence-corrected chi connectivity index (χ2v) is 3.23. The lowest BCUT2D eigenvalue weighted by Gasteiger charge is -1.99. The third kappa shape index (κ3) is 1.88. The van der Waals surface area contributed by atoms with E-state index in [1.54, 1.807) is 24.4 Å². The number of Topliss-reactive ketones (excluding diaryl/α,β-unsaturated/α-hetero) is 1. The van der Waals surface area contributed by atoms with Gasteiger partial charge in [-0.05, 0) is 6.07 Å². The number of carbonyl (C=O) groups is 2. The molecule has 0 fully saturated rings. The number of aliphatic imine (C=N–C) groups is 1. The summed E-state index contributed by atoms with van der Waals surface area (Å²) >= 11 is 0. The second-order valence-electron chi connectivity index (χ2n) is 3.23. The highest BCUT2D eigenvalue weighted by atomic mass is 16.4. The van der Waals surface area contributed by atoms with E-state index in [0.29, 0.717) is 5.36 Å². The molecular weight excluding hydrogens is 208 g/mol. The molecule has 1 unspecified atom stereocenters. The molecule has 0 aromatic heterocycles. The molecule has 1 aromatic carbocycles. The number of hydrogen-bond acceptors (Lipinski definition) is 4. The molecule has 2 rings (SSSR count). The standard InChI is InChI=1S/C11H8N2O3/c14-10(11(15)16)9-6-12-5-7-3-1-2-4-8(7)13-9/h1-6,9H,(H,15,16). The van der Waals surface area contributed by atoms with Crippen LogP contribution in [0.25, 0.3) is 6.20 Å². The minimum absolute atomic E-state index is 0.569. The van der Waals surface area contributed by atoms with Gasteiger partial charge in [-0.2, -0.15) is 0 Å². The predicted octanol–water partition coefficient (Wildman–Crippen LogP) is -0.849. The average molecular weight is 216 g/mol. The molecule has 1 aliphatic rings. The third-order valence-electron chi connectivity index (χ3n) is 2.14. The number of aliphatic carboxylic acids is 1. The fourth-order valence-electron chi connectivity index (χ4n) is 1.36. The summed E-state index contributed by atoms with van der Waals surface area (Å²) < 4.78 is 0. The Morgan fingerprint density at radius 3 is 2.75 bits per heavy atom. The van der Waals surface area contributed by atoms with E-state index in [1.807, 2.05) is 6.07 Å². The van der Waals surface area contributed by atoms with Gasteiger partial charge in [-0.3, -0.25) is 14.8 Å². The number of ketones is 1. The van der Waals surface area contributed by atoms with Crippen molar-refractivity contribution in [1.82, 2.24) is 0 Å². The van der Waals surface area contributed by atoms with E-state index in [2.05, 4.69) is 9.98 Å². The number of fused-ring (bicyclic) bond motifs is 1. The Morgan fingerprint density at radius 1 is 1.25 bits per heavy atom. The molecule has 0 amide bonds. The molecule has 0 spiro atoms. The minimum Gasteiger partial charge on any atom is -0.475 e. The molecule has 5 heteroatoms. The summed E-state index contributed by atoms with van der Waals surface area (Å²) in [5, 5.41) is 9.93. The number of benzene rings is 1. The van der Waals surface area contributed by atoms with Gasteiger partial charge in [-0.15, -0.1) is 0 Å². The van der Waals surface area contributed by atoms with Crippen molar-refractivity contribution in [3.05, 3.63) is 34.8 Å². The molecular formula is C11H8N2O3. The van der Waals surface area contributed by atoms with E-state index < -0.39 is 17.8 Å². The van der Waals surface area contributed by atoms with Gasteiger partial charge in [0, 0.05) is 17.6 Å². The Bertz CT molecular complexity index is 589. The maximum Gasteiger partial charge on any atom is 0.374 e. The van der Waals surface area contributed by atoms with Crippen LogP contribution in [0, 0.1) is 0 Å². The van der Waals surface area contributed by atoms with Crippen LogP contribution in [0.5, 0.6) is 0 Å². The molecule has 1 heterocycles. The van der Waals surface area contributed by atoms with Crippen molar-refractivity contribution in [3.63, 3.8) is 0 Å². The van der Waals surface area contributed by atoms with Gasteiger partial charge < -0.3 is 5.11 Å². The number of carboxylic acid groups (broad SMARTS) is 1. The first-order valence-corrected chi connectivity index (χ1v) is 4.62. The first kappa shape index (κ1) is 10.2. The lowest BCUT2D eigenvalue weighted by atomic mass is 10.2. The first-order chi connectivity index (χ1) is 7.68. The van der Waals surface area contributed by atoms with Gasteiger partial charge in [0.25, 0.3) is 5.78 Å². The van der Waals surface area contributed by atoms with Crippen LogP contribution in [0.1, 0.15) is 0 Å². The van der Waals surface area contributed by atoms with Gasteiger partial charge in [0.2, 0.25) is 0 Å². The second kappa shape index (κ2) is 4.06. The monoisotopic (exact) mass is 216 g/mol. The quantitative estimate of drug-likeness (QED) is 0.654. The molecule has 0 saturated carbocycles. The van der Waals surface area contributed by atoms with Crippen molar-refractivity contribution in [2.75, 3.05) is 0 Å². The van der Waals surface area contributed by atoms with Crippen molar-refractivity contribution in [3.8, 4) is 0 Å². The highest BCUT2D eigenvalue weighted by Gasteiger charge is 2.22. The molecule has 1 N–H and O–H groups in total. The summed E-state index contributed by atoms with van der Waals surface area (Å²) in [4.78, 5) is 29.7. The molecule has 1 aromatic rings. The van der Waals surface area contributed by atoms with E-state index in [0.717, 1.165) is 5.22 Å². The van der Waals surface area contributed by atoms with Crippen LogP contribution in [0.4, 0.5) is 0 Å². The van der Waals surface area contributed by atoms with Gasteiger partial charge in [-0.1, -0.05) is 18.2 Å². The van der Waals surface area contributed by atoms with Crippen LogP contribution < -0.4 is 10.6 Å². The molecule has 0 saturated heterocycles. The Balaban J connectivity index is 2.53. The number of carbonyl (C=O) groups excluding carboxylic acids is 1. The van der Waals surface area contributed by atoms with E-state index >= 15 is 0 Å². The Morgan fingerprint density at radius 2 is 2.00 bits per heavy atom. The van der Waals surface area contributed by atoms with Gasteiger partial charge in [0.15, 0.2) is 6.04 Å².